The summed E-state index contributed by atoms with van der Waals surface area (Å²) in [4.78, 5) is 16.2. The third-order valence-corrected chi connectivity index (χ3v) is 6.53. The van der Waals surface area contributed by atoms with E-state index in [0.717, 1.165) is 17.8 Å². The third kappa shape index (κ3) is 6.59. The molecule has 0 saturated carbocycles. The minimum atomic E-state index is -4.69. The summed E-state index contributed by atoms with van der Waals surface area (Å²) in [5.74, 6) is 0.483. The smallest absolute Gasteiger partial charge is 0.436 e. The molecule has 1 atom stereocenters. The Morgan fingerprint density at radius 2 is 1.69 bits per heavy atom. The summed E-state index contributed by atoms with van der Waals surface area (Å²) in [7, 11) is 3.64. The maximum absolute atomic E-state index is 12.9. The van der Waals surface area contributed by atoms with Gasteiger partial charge in [0.15, 0.2) is 5.69 Å². The largest absolute Gasteiger partial charge is 0.497 e. The second-order valence-corrected chi connectivity index (χ2v) is 9.05. The maximum atomic E-state index is 12.9. The van der Waals surface area contributed by atoms with E-state index < -0.39 is 22.9 Å². The Bertz CT molecular complexity index is 1160. The van der Waals surface area contributed by atoms with Crippen molar-refractivity contribution in [1.82, 2.24) is 14.7 Å². The number of ether oxygens (including phenoxy) is 1. The number of likely N-dealkylation sites (N-methyl/N-ethyl adjacent to an activating group) is 1. The number of aldehydes is 1. The van der Waals surface area contributed by atoms with Crippen molar-refractivity contribution in [2.75, 3.05) is 45.2 Å². The molecule has 1 fully saturated rings. The highest BCUT2D eigenvalue weighted by molar-refractivity contribution is 6.32. The van der Waals surface area contributed by atoms with E-state index in [1.54, 1.807) is 24.3 Å². The van der Waals surface area contributed by atoms with Crippen LogP contribution < -0.4 is 9.64 Å². The summed E-state index contributed by atoms with van der Waals surface area (Å²) in [6.45, 7) is 8.16. The number of aromatic nitrogens is 2. The number of hydrogen-bond acceptors (Lipinski definition) is 5. The standard InChI is InChI=1S/C14H12ClF3N2O2.C12H18N2/c1-8-12(15)13(14(16,17)18)19-20(8)11(7-21)9-4-3-5-10(6-9)22-2;1-11-3-5-12(6-4-11)14-9-7-13(2)8-10-14/h3-7,11H,1-2H3;3-6H,7-10H2,1-2H3. The van der Waals surface area contributed by atoms with Gasteiger partial charge in [-0.25, -0.2) is 0 Å². The number of anilines is 1. The molecular formula is C26H30ClF3N4O2. The number of rotatable bonds is 5. The van der Waals surface area contributed by atoms with E-state index in [9.17, 15) is 18.0 Å². The van der Waals surface area contributed by atoms with Crippen molar-refractivity contribution in [3.05, 3.63) is 76.1 Å². The molecule has 2 aromatic carbocycles. The molecule has 0 aliphatic carbocycles. The fourth-order valence-corrected chi connectivity index (χ4v) is 4.11. The van der Waals surface area contributed by atoms with Gasteiger partial charge in [-0.1, -0.05) is 41.4 Å². The highest BCUT2D eigenvalue weighted by atomic mass is 35.5. The zero-order valence-corrected chi connectivity index (χ0v) is 21.5. The van der Waals surface area contributed by atoms with Crippen LogP contribution in [0.4, 0.5) is 18.9 Å². The van der Waals surface area contributed by atoms with Crippen molar-refractivity contribution in [1.29, 1.82) is 0 Å². The number of benzene rings is 2. The molecule has 2 heterocycles. The average molecular weight is 523 g/mol. The number of methoxy groups -OCH3 is 1. The van der Waals surface area contributed by atoms with Crippen LogP contribution in [0.25, 0.3) is 0 Å². The first-order valence-electron chi connectivity index (χ1n) is 11.5. The van der Waals surface area contributed by atoms with Crippen LogP contribution in [0.5, 0.6) is 5.75 Å². The van der Waals surface area contributed by atoms with Gasteiger partial charge in [-0.15, -0.1) is 0 Å². The molecule has 1 unspecified atom stereocenters. The van der Waals surface area contributed by atoms with Crippen LogP contribution in [0.3, 0.4) is 0 Å². The molecule has 36 heavy (non-hydrogen) atoms. The summed E-state index contributed by atoms with van der Waals surface area (Å²) >= 11 is 5.70. The number of piperazine rings is 1. The second kappa shape index (κ2) is 11.8. The summed E-state index contributed by atoms with van der Waals surface area (Å²) in [6, 6.07) is 14.3. The molecule has 0 bridgehead atoms. The van der Waals surface area contributed by atoms with Crippen LogP contribution in [0.2, 0.25) is 5.02 Å². The van der Waals surface area contributed by atoms with Crippen LogP contribution in [0.1, 0.15) is 28.6 Å². The normalized spacial score (nSPS) is 15.2. The molecule has 0 radical (unpaired) electrons. The van der Waals surface area contributed by atoms with Crippen LogP contribution >= 0.6 is 11.6 Å². The second-order valence-electron chi connectivity index (χ2n) is 8.67. The fraction of sp³-hybridized carbons (Fsp3) is 0.385. The molecule has 4 rings (SSSR count). The van der Waals surface area contributed by atoms with Crippen LogP contribution in [0, 0.1) is 13.8 Å². The molecule has 1 aliphatic rings. The van der Waals surface area contributed by atoms with Crippen molar-refractivity contribution in [3.8, 4) is 5.75 Å². The van der Waals surface area contributed by atoms with E-state index in [4.69, 9.17) is 16.3 Å². The molecule has 1 aromatic heterocycles. The lowest BCUT2D eigenvalue weighted by molar-refractivity contribution is -0.141. The van der Waals surface area contributed by atoms with E-state index in [-0.39, 0.29) is 5.69 Å². The maximum Gasteiger partial charge on any atom is 0.436 e. The molecule has 0 spiro atoms. The lowest BCUT2D eigenvalue weighted by Gasteiger charge is -2.34. The van der Waals surface area contributed by atoms with Crippen molar-refractivity contribution >= 4 is 23.6 Å². The van der Waals surface area contributed by atoms with Gasteiger partial charge in [-0.05, 0) is 50.7 Å². The number of nitrogens with zero attached hydrogens (tertiary/aromatic N) is 4. The lowest BCUT2D eigenvalue weighted by atomic mass is 10.1. The minimum Gasteiger partial charge on any atom is -0.497 e. The Labute approximate surface area is 214 Å². The molecule has 194 valence electrons. The van der Waals surface area contributed by atoms with Crippen molar-refractivity contribution in [2.45, 2.75) is 26.1 Å². The minimum absolute atomic E-state index is 0.0638. The first-order chi connectivity index (χ1) is 17.0. The van der Waals surface area contributed by atoms with Crippen LogP contribution in [-0.2, 0) is 11.0 Å². The molecule has 10 heteroatoms. The van der Waals surface area contributed by atoms with E-state index in [1.165, 1.54) is 38.4 Å². The average Bonchev–Trinajstić information content (AvgIpc) is 3.16. The Morgan fingerprint density at radius 3 is 2.22 bits per heavy atom. The Balaban J connectivity index is 0.000000221. The summed E-state index contributed by atoms with van der Waals surface area (Å²) in [6.07, 6.45) is -4.18. The molecule has 6 nitrogen and oxygen atoms in total. The molecule has 1 aliphatic heterocycles. The van der Waals surface area contributed by atoms with Crippen molar-refractivity contribution < 1.29 is 22.7 Å². The highest BCUT2D eigenvalue weighted by Gasteiger charge is 2.39. The van der Waals surface area contributed by atoms with Gasteiger partial charge in [0.25, 0.3) is 0 Å². The van der Waals surface area contributed by atoms with E-state index in [0.29, 0.717) is 17.6 Å². The highest BCUT2D eigenvalue weighted by Crippen LogP contribution is 2.37. The number of carbonyl (C=O) groups is 1. The van der Waals surface area contributed by atoms with Gasteiger partial charge in [0.05, 0.1) is 17.8 Å². The molecule has 0 amide bonds. The van der Waals surface area contributed by atoms with Gasteiger partial charge < -0.3 is 19.3 Å². The van der Waals surface area contributed by atoms with Gasteiger partial charge in [0.2, 0.25) is 0 Å². The predicted octanol–water partition coefficient (Wildman–Crippen LogP) is 5.41. The van der Waals surface area contributed by atoms with Gasteiger partial charge in [-0.2, -0.15) is 18.3 Å². The van der Waals surface area contributed by atoms with Crippen molar-refractivity contribution in [2.24, 2.45) is 0 Å². The zero-order chi connectivity index (χ0) is 26.5. The molecule has 1 saturated heterocycles. The summed E-state index contributed by atoms with van der Waals surface area (Å²) in [5, 5.41) is 2.96. The number of aryl methyl sites for hydroxylation is 1. The van der Waals surface area contributed by atoms with Crippen molar-refractivity contribution in [3.63, 3.8) is 0 Å². The van der Waals surface area contributed by atoms with Crippen LogP contribution in [-0.4, -0.2) is 61.3 Å². The lowest BCUT2D eigenvalue weighted by Crippen LogP contribution is -2.44. The molecule has 3 aromatic rings. The number of halogens is 4. The number of hydrogen-bond donors (Lipinski definition) is 0. The SMILES string of the molecule is COc1cccc(C(C=O)n2nc(C(F)(F)F)c(Cl)c2C)c1.Cc1ccc(N2CCN(C)CC2)cc1. The van der Waals surface area contributed by atoms with E-state index in [1.807, 2.05) is 0 Å². The Morgan fingerprint density at radius 1 is 1.06 bits per heavy atom. The Hall–Kier alpha value is -3.04. The van der Waals surface area contributed by atoms with Gasteiger partial charge >= 0.3 is 6.18 Å². The number of alkyl halides is 3. The van der Waals surface area contributed by atoms with Gasteiger partial charge in [-0.3, -0.25) is 4.68 Å². The van der Waals surface area contributed by atoms with Crippen LogP contribution in [0.15, 0.2) is 48.5 Å². The predicted molar refractivity (Wildman–Crippen MR) is 135 cm³/mol. The summed E-state index contributed by atoms with van der Waals surface area (Å²) in [5.41, 5.74) is 2.01. The topological polar surface area (TPSA) is 50.6 Å². The first-order valence-corrected chi connectivity index (χ1v) is 11.8. The quantitative estimate of drug-likeness (QED) is 0.420. The molecular weight excluding hydrogens is 493 g/mol. The van der Waals surface area contributed by atoms with E-state index in [2.05, 4.69) is 53.1 Å². The fourth-order valence-electron chi connectivity index (χ4n) is 3.87. The number of carbonyl (C=O) groups excluding carboxylic acids is 1. The molecule has 0 N–H and O–H groups in total. The summed E-state index contributed by atoms with van der Waals surface area (Å²) < 4.78 is 44.6. The zero-order valence-electron chi connectivity index (χ0n) is 20.7. The third-order valence-electron chi connectivity index (χ3n) is 6.08. The Kier molecular flexibility index (Phi) is 9.03. The monoisotopic (exact) mass is 522 g/mol. The van der Waals surface area contributed by atoms with Gasteiger partial charge in [0.1, 0.15) is 18.1 Å². The first kappa shape index (κ1) is 27.5. The van der Waals surface area contributed by atoms with E-state index >= 15 is 0 Å². The van der Waals surface area contributed by atoms with Gasteiger partial charge in [0, 0.05) is 31.9 Å².